The van der Waals surface area contributed by atoms with Crippen molar-refractivity contribution in [2.24, 2.45) is 0 Å². The summed E-state index contributed by atoms with van der Waals surface area (Å²) in [4.78, 5) is 22.7. The molecule has 1 atom stereocenters. The second-order valence-corrected chi connectivity index (χ2v) is 5.71. The maximum absolute atomic E-state index is 12.3. The maximum atomic E-state index is 12.3. The molecule has 1 unspecified atom stereocenters. The van der Waals surface area contributed by atoms with Crippen LogP contribution < -0.4 is 10.2 Å². The first-order valence-corrected chi connectivity index (χ1v) is 7.80. The van der Waals surface area contributed by atoms with E-state index >= 15 is 0 Å². The van der Waals surface area contributed by atoms with Crippen molar-refractivity contribution in [1.82, 2.24) is 15.3 Å². The number of aliphatic hydroxyl groups is 1. The van der Waals surface area contributed by atoms with Crippen LogP contribution in [0.3, 0.4) is 0 Å². The van der Waals surface area contributed by atoms with E-state index < -0.39 is 12.0 Å². The zero-order chi connectivity index (χ0) is 16.2. The van der Waals surface area contributed by atoms with Crippen molar-refractivity contribution in [3.05, 3.63) is 41.1 Å². The van der Waals surface area contributed by atoms with Crippen LogP contribution >= 0.6 is 11.6 Å². The van der Waals surface area contributed by atoms with Crippen molar-refractivity contribution < 1.29 is 14.3 Å². The highest BCUT2D eigenvalue weighted by Crippen LogP contribution is 2.20. The van der Waals surface area contributed by atoms with E-state index in [0.29, 0.717) is 11.7 Å². The third-order valence-corrected chi connectivity index (χ3v) is 3.94. The second kappa shape index (κ2) is 6.97. The van der Waals surface area contributed by atoms with Crippen molar-refractivity contribution in [1.29, 1.82) is 0 Å². The molecule has 122 valence electrons. The summed E-state index contributed by atoms with van der Waals surface area (Å²) in [5, 5.41) is 12.7. The molecular weight excluding hydrogens is 320 g/mol. The van der Waals surface area contributed by atoms with Gasteiger partial charge in [0.05, 0.1) is 24.0 Å². The Morgan fingerprint density at radius 1 is 1.48 bits per heavy atom. The monoisotopic (exact) mass is 336 g/mol. The first-order valence-electron chi connectivity index (χ1n) is 7.42. The molecule has 23 heavy (non-hydrogen) atoms. The molecule has 0 radical (unpaired) electrons. The molecule has 2 N–H and O–H groups in total. The van der Waals surface area contributed by atoms with Gasteiger partial charge >= 0.3 is 0 Å². The Labute approximate surface area is 138 Å². The summed E-state index contributed by atoms with van der Waals surface area (Å²) in [5.41, 5.74) is 0.107. The molecule has 0 saturated carbocycles. The van der Waals surface area contributed by atoms with Crippen LogP contribution in [-0.2, 0) is 0 Å². The second-order valence-electron chi connectivity index (χ2n) is 5.30. The SMILES string of the molecule is O=C(NCC(O)c1ccco1)c1nc(N2CCCC2)ncc1Cl. The standard InChI is InChI=1S/C15H17ClN4O3/c16-10-8-18-15(20-5-1-2-6-20)19-13(10)14(22)17-9-11(21)12-4-3-7-23-12/h3-4,7-8,11,21H,1-2,5-6,9H2,(H,17,22). The van der Waals surface area contributed by atoms with Gasteiger partial charge in [-0.25, -0.2) is 9.97 Å². The number of carbonyl (C=O) groups excluding carboxylic acids is 1. The largest absolute Gasteiger partial charge is 0.467 e. The summed E-state index contributed by atoms with van der Waals surface area (Å²) < 4.78 is 5.08. The zero-order valence-electron chi connectivity index (χ0n) is 12.4. The molecule has 0 aromatic carbocycles. The molecule has 1 amide bonds. The number of furan rings is 1. The van der Waals surface area contributed by atoms with E-state index in [9.17, 15) is 9.90 Å². The van der Waals surface area contributed by atoms with E-state index in [1.165, 1.54) is 12.5 Å². The molecule has 1 aliphatic rings. The summed E-state index contributed by atoms with van der Waals surface area (Å²) >= 11 is 6.03. The number of aromatic nitrogens is 2. The highest BCUT2D eigenvalue weighted by Gasteiger charge is 2.20. The highest BCUT2D eigenvalue weighted by atomic mass is 35.5. The molecule has 2 aromatic heterocycles. The summed E-state index contributed by atoms with van der Waals surface area (Å²) in [5.74, 6) is 0.434. The van der Waals surface area contributed by atoms with Gasteiger partial charge in [-0.15, -0.1) is 0 Å². The molecule has 3 rings (SSSR count). The Bertz CT molecular complexity index is 671. The number of amides is 1. The van der Waals surface area contributed by atoms with Crippen LogP contribution in [0.4, 0.5) is 5.95 Å². The van der Waals surface area contributed by atoms with Gasteiger partial charge in [-0.3, -0.25) is 4.79 Å². The van der Waals surface area contributed by atoms with Crippen LogP contribution in [0.5, 0.6) is 0 Å². The Balaban J connectivity index is 1.67. The fourth-order valence-electron chi connectivity index (χ4n) is 2.44. The van der Waals surface area contributed by atoms with Crippen molar-refractivity contribution in [3.8, 4) is 0 Å². The number of hydrogen-bond donors (Lipinski definition) is 2. The van der Waals surface area contributed by atoms with E-state index in [1.54, 1.807) is 12.1 Å². The number of aliphatic hydroxyl groups excluding tert-OH is 1. The van der Waals surface area contributed by atoms with Gasteiger partial charge in [0.2, 0.25) is 5.95 Å². The summed E-state index contributed by atoms with van der Waals surface area (Å²) in [7, 11) is 0. The van der Waals surface area contributed by atoms with Crippen LogP contribution in [-0.4, -0.2) is 40.6 Å². The number of anilines is 1. The van der Waals surface area contributed by atoms with Crippen molar-refractivity contribution >= 4 is 23.5 Å². The normalized spacial score (nSPS) is 15.7. The fourth-order valence-corrected chi connectivity index (χ4v) is 2.62. The van der Waals surface area contributed by atoms with Gasteiger partial charge in [-0.05, 0) is 25.0 Å². The summed E-state index contributed by atoms with van der Waals surface area (Å²) in [6.45, 7) is 1.76. The third-order valence-electron chi connectivity index (χ3n) is 3.66. The molecule has 0 spiro atoms. The summed E-state index contributed by atoms with van der Waals surface area (Å²) in [6, 6.07) is 3.31. The van der Waals surface area contributed by atoms with Gasteiger partial charge in [0.15, 0.2) is 5.69 Å². The molecule has 2 aromatic rings. The smallest absolute Gasteiger partial charge is 0.271 e. The lowest BCUT2D eigenvalue weighted by molar-refractivity contribution is 0.0896. The van der Waals surface area contributed by atoms with Crippen LogP contribution in [0.25, 0.3) is 0 Å². The van der Waals surface area contributed by atoms with E-state index in [2.05, 4.69) is 15.3 Å². The van der Waals surface area contributed by atoms with E-state index in [0.717, 1.165) is 25.9 Å². The number of halogens is 1. The van der Waals surface area contributed by atoms with Crippen LogP contribution in [0, 0.1) is 0 Å². The van der Waals surface area contributed by atoms with Gasteiger partial charge in [-0.2, -0.15) is 0 Å². The van der Waals surface area contributed by atoms with Crippen LogP contribution in [0.1, 0.15) is 35.2 Å². The van der Waals surface area contributed by atoms with E-state index in [1.807, 2.05) is 4.90 Å². The molecule has 0 aliphatic carbocycles. The van der Waals surface area contributed by atoms with E-state index in [-0.39, 0.29) is 17.3 Å². The minimum atomic E-state index is -0.924. The Kier molecular flexibility index (Phi) is 4.78. The summed E-state index contributed by atoms with van der Waals surface area (Å²) in [6.07, 6.45) is 4.14. The first-order chi connectivity index (χ1) is 11.1. The number of hydrogen-bond acceptors (Lipinski definition) is 6. The Hall–Kier alpha value is -2.12. The highest BCUT2D eigenvalue weighted by molar-refractivity contribution is 6.33. The Morgan fingerprint density at radius 2 is 2.26 bits per heavy atom. The first kappa shape index (κ1) is 15.8. The van der Waals surface area contributed by atoms with Gasteiger partial charge in [0.25, 0.3) is 5.91 Å². The Morgan fingerprint density at radius 3 is 2.96 bits per heavy atom. The number of nitrogens with zero attached hydrogens (tertiary/aromatic N) is 3. The molecular formula is C15H17ClN4O3. The molecule has 8 heteroatoms. The van der Waals surface area contributed by atoms with Gasteiger partial charge in [0, 0.05) is 13.1 Å². The number of rotatable bonds is 5. The predicted octanol–water partition coefficient (Wildman–Crippen LogP) is 1.79. The molecule has 1 fully saturated rings. The molecule has 3 heterocycles. The lowest BCUT2D eigenvalue weighted by Crippen LogP contribution is -2.30. The fraction of sp³-hybridized carbons (Fsp3) is 0.400. The quantitative estimate of drug-likeness (QED) is 0.865. The lowest BCUT2D eigenvalue weighted by Gasteiger charge is -2.16. The lowest BCUT2D eigenvalue weighted by atomic mass is 10.2. The maximum Gasteiger partial charge on any atom is 0.271 e. The number of carbonyl (C=O) groups is 1. The predicted molar refractivity (Wildman–Crippen MR) is 84.5 cm³/mol. The van der Waals surface area contributed by atoms with Crippen LogP contribution in [0.2, 0.25) is 5.02 Å². The van der Waals surface area contributed by atoms with Crippen molar-refractivity contribution in [2.75, 3.05) is 24.5 Å². The minimum Gasteiger partial charge on any atom is -0.467 e. The topological polar surface area (TPSA) is 91.5 Å². The van der Waals surface area contributed by atoms with Gasteiger partial charge < -0.3 is 19.7 Å². The molecule has 1 aliphatic heterocycles. The van der Waals surface area contributed by atoms with Gasteiger partial charge in [-0.1, -0.05) is 11.6 Å². The average molecular weight is 337 g/mol. The average Bonchev–Trinajstić information content (AvgIpc) is 3.25. The molecule has 7 nitrogen and oxygen atoms in total. The van der Waals surface area contributed by atoms with Crippen molar-refractivity contribution in [3.63, 3.8) is 0 Å². The number of nitrogens with one attached hydrogen (secondary N) is 1. The van der Waals surface area contributed by atoms with Gasteiger partial charge in [0.1, 0.15) is 11.9 Å². The van der Waals surface area contributed by atoms with Crippen LogP contribution in [0.15, 0.2) is 29.0 Å². The minimum absolute atomic E-state index is 0.00568. The van der Waals surface area contributed by atoms with E-state index in [4.69, 9.17) is 16.0 Å². The molecule has 1 saturated heterocycles. The third kappa shape index (κ3) is 3.62. The zero-order valence-corrected chi connectivity index (χ0v) is 13.2. The van der Waals surface area contributed by atoms with Crippen molar-refractivity contribution in [2.45, 2.75) is 18.9 Å². The molecule has 0 bridgehead atoms.